The molecule has 0 saturated heterocycles. The molecule has 0 amide bonds. The third kappa shape index (κ3) is 8.81. The van der Waals surface area contributed by atoms with Crippen LogP contribution in [0.3, 0.4) is 0 Å². The average molecular weight is 565 g/mol. The highest BCUT2D eigenvalue weighted by Crippen LogP contribution is 2.33. The van der Waals surface area contributed by atoms with E-state index < -0.39 is 22.8 Å². The SMILES string of the molecule is CC[Si](C)(C)O[Si](C)(C)CCCc1ccc(OC(=O)Oc2ccc(C(C)(C)c3ccccc3)cc2)c(OC)c1. The summed E-state index contributed by atoms with van der Waals surface area (Å²) in [7, 11) is -1.67. The molecule has 7 heteroatoms. The smallest absolute Gasteiger partial charge is 0.493 e. The van der Waals surface area contributed by atoms with Crippen LogP contribution >= 0.6 is 0 Å². The first-order chi connectivity index (χ1) is 18.3. The number of ether oxygens (including phenoxy) is 3. The van der Waals surface area contributed by atoms with Crippen LogP contribution < -0.4 is 14.2 Å². The minimum absolute atomic E-state index is 0.172. The van der Waals surface area contributed by atoms with Crippen molar-refractivity contribution in [3.8, 4) is 17.2 Å². The molecule has 3 rings (SSSR count). The predicted molar refractivity (Wildman–Crippen MR) is 164 cm³/mol. The van der Waals surface area contributed by atoms with Gasteiger partial charge in [0.1, 0.15) is 5.75 Å². The molecule has 0 heterocycles. The molecule has 0 N–H and O–H groups in total. The van der Waals surface area contributed by atoms with Gasteiger partial charge in [-0.3, -0.25) is 0 Å². The number of carbonyl (C=O) groups is 1. The highest BCUT2D eigenvalue weighted by molar-refractivity contribution is 6.84. The van der Waals surface area contributed by atoms with Crippen molar-refractivity contribution < 1.29 is 23.1 Å². The molecule has 3 aromatic carbocycles. The van der Waals surface area contributed by atoms with Crippen molar-refractivity contribution >= 4 is 22.8 Å². The Balaban J connectivity index is 1.57. The maximum Gasteiger partial charge on any atom is 0.519 e. The Morgan fingerprint density at radius 1 is 0.795 bits per heavy atom. The van der Waals surface area contributed by atoms with Gasteiger partial charge in [-0.1, -0.05) is 69.3 Å². The van der Waals surface area contributed by atoms with E-state index in [2.05, 4.69) is 59.1 Å². The van der Waals surface area contributed by atoms with E-state index in [9.17, 15) is 4.79 Å². The summed E-state index contributed by atoms with van der Waals surface area (Å²) in [4.78, 5) is 12.6. The largest absolute Gasteiger partial charge is 0.519 e. The second-order valence-corrected chi connectivity index (χ2v) is 20.8. The Morgan fingerprint density at radius 3 is 2.05 bits per heavy atom. The number of rotatable bonds is 12. The van der Waals surface area contributed by atoms with E-state index in [1.54, 1.807) is 25.3 Å². The van der Waals surface area contributed by atoms with Crippen LogP contribution in [0.2, 0.25) is 38.3 Å². The van der Waals surface area contributed by atoms with Crippen LogP contribution in [0.25, 0.3) is 0 Å². The summed E-state index contributed by atoms with van der Waals surface area (Å²) in [5.41, 5.74) is 3.31. The highest BCUT2D eigenvalue weighted by Gasteiger charge is 2.31. The summed E-state index contributed by atoms with van der Waals surface area (Å²) < 4.78 is 23.1. The summed E-state index contributed by atoms with van der Waals surface area (Å²) in [6, 6.07) is 25.8. The van der Waals surface area contributed by atoms with Crippen LogP contribution in [0.15, 0.2) is 72.8 Å². The molecule has 39 heavy (non-hydrogen) atoms. The van der Waals surface area contributed by atoms with Crippen LogP contribution in [-0.4, -0.2) is 29.9 Å². The van der Waals surface area contributed by atoms with Gasteiger partial charge in [0.25, 0.3) is 0 Å². The number of aryl methyl sites for hydroxylation is 1. The molecule has 0 bridgehead atoms. The van der Waals surface area contributed by atoms with Gasteiger partial charge in [0.05, 0.1) is 7.11 Å². The van der Waals surface area contributed by atoms with Crippen molar-refractivity contribution in [2.24, 2.45) is 0 Å². The highest BCUT2D eigenvalue weighted by atomic mass is 28.4. The fraction of sp³-hybridized carbons (Fsp3) is 0.406. The molecule has 0 aliphatic heterocycles. The summed E-state index contributed by atoms with van der Waals surface area (Å²) in [6.45, 7) is 15.8. The summed E-state index contributed by atoms with van der Waals surface area (Å²) >= 11 is 0. The fourth-order valence-corrected chi connectivity index (χ4v) is 12.7. The first kappa shape index (κ1) is 30.7. The van der Waals surface area contributed by atoms with Crippen LogP contribution in [0.1, 0.15) is 43.9 Å². The lowest BCUT2D eigenvalue weighted by Crippen LogP contribution is -2.43. The van der Waals surface area contributed by atoms with Crippen molar-refractivity contribution in [2.45, 2.75) is 77.3 Å². The monoisotopic (exact) mass is 564 g/mol. The molecule has 0 aliphatic carbocycles. The van der Waals surface area contributed by atoms with E-state index in [1.165, 1.54) is 5.56 Å². The van der Waals surface area contributed by atoms with E-state index in [0.29, 0.717) is 17.2 Å². The summed E-state index contributed by atoms with van der Waals surface area (Å²) in [6.07, 6.45) is 1.17. The average Bonchev–Trinajstić information content (AvgIpc) is 2.89. The van der Waals surface area contributed by atoms with Crippen LogP contribution in [-0.2, 0) is 16.0 Å². The van der Waals surface area contributed by atoms with Gasteiger partial charge < -0.3 is 18.3 Å². The molecular weight excluding hydrogens is 521 g/mol. The first-order valence-electron chi connectivity index (χ1n) is 13.8. The molecule has 0 saturated carbocycles. The van der Waals surface area contributed by atoms with E-state index in [1.807, 2.05) is 42.5 Å². The molecule has 0 spiro atoms. The third-order valence-electron chi connectivity index (χ3n) is 7.34. The minimum atomic E-state index is -1.69. The molecule has 3 aromatic rings. The maximum atomic E-state index is 12.6. The van der Waals surface area contributed by atoms with Gasteiger partial charge in [-0.25, -0.2) is 4.79 Å². The van der Waals surface area contributed by atoms with Crippen molar-refractivity contribution in [3.63, 3.8) is 0 Å². The molecule has 0 aliphatic rings. The Morgan fingerprint density at radius 2 is 1.44 bits per heavy atom. The molecule has 0 fully saturated rings. The topological polar surface area (TPSA) is 54.0 Å². The lowest BCUT2D eigenvalue weighted by atomic mass is 9.78. The molecule has 210 valence electrons. The quantitative estimate of drug-likeness (QED) is 0.125. The van der Waals surface area contributed by atoms with Gasteiger partial charge in [-0.2, -0.15) is 0 Å². The summed E-state index contributed by atoms with van der Waals surface area (Å²) in [5.74, 6) is 1.27. The van der Waals surface area contributed by atoms with Crippen molar-refractivity contribution in [3.05, 3.63) is 89.5 Å². The molecule has 5 nitrogen and oxygen atoms in total. The number of methoxy groups -OCH3 is 1. The van der Waals surface area contributed by atoms with Crippen molar-refractivity contribution in [1.29, 1.82) is 0 Å². The zero-order valence-corrected chi connectivity index (χ0v) is 26.8. The fourth-order valence-electron chi connectivity index (χ4n) is 4.71. The zero-order chi connectivity index (χ0) is 28.7. The number of hydrogen-bond acceptors (Lipinski definition) is 5. The molecular formula is C32H44O5Si2. The normalized spacial score (nSPS) is 12.2. The summed E-state index contributed by atoms with van der Waals surface area (Å²) in [5, 5.41) is 0. The number of hydrogen-bond donors (Lipinski definition) is 0. The van der Waals surface area contributed by atoms with Gasteiger partial charge in [-0.15, -0.1) is 0 Å². The molecule has 0 radical (unpaired) electrons. The standard InChI is InChI=1S/C32H44O5Si2/c1-9-38(5,6)37-39(7,8)23-13-14-25-17-22-29(30(24-25)34-4)36-31(33)35-28-20-18-27(19-21-28)32(2,3)26-15-11-10-12-16-26/h10-12,15-22,24H,9,13-14,23H2,1-8H3. The second kappa shape index (κ2) is 13.0. The van der Waals surface area contributed by atoms with E-state index in [0.717, 1.165) is 36.1 Å². The first-order valence-corrected chi connectivity index (χ1v) is 20.0. The third-order valence-corrected chi connectivity index (χ3v) is 15.0. The Hall–Kier alpha value is -2.88. The maximum absolute atomic E-state index is 12.6. The van der Waals surface area contributed by atoms with E-state index >= 15 is 0 Å². The number of benzene rings is 3. The molecule has 0 unspecified atom stereocenters. The van der Waals surface area contributed by atoms with Gasteiger partial charge in [0.2, 0.25) is 0 Å². The lowest BCUT2D eigenvalue weighted by molar-refractivity contribution is 0.150. The van der Waals surface area contributed by atoms with E-state index in [4.69, 9.17) is 18.3 Å². The van der Waals surface area contributed by atoms with Crippen LogP contribution in [0, 0.1) is 0 Å². The van der Waals surface area contributed by atoms with Gasteiger partial charge in [0, 0.05) is 5.41 Å². The van der Waals surface area contributed by atoms with E-state index in [-0.39, 0.29) is 5.41 Å². The van der Waals surface area contributed by atoms with Crippen molar-refractivity contribution in [2.75, 3.05) is 7.11 Å². The predicted octanol–water partition coefficient (Wildman–Crippen LogP) is 8.98. The molecule has 0 atom stereocenters. The zero-order valence-electron chi connectivity index (χ0n) is 24.8. The van der Waals surface area contributed by atoms with Crippen LogP contribution in [0.4, 0.5) is 4.79 Å². The Bertz CT molecular complexity index is 1220. The van der Waals surface area contributed by atoms with Crippen molar-refractivity contribution in [1.82, 2.24) is 0 Å². The van der Waals surface area contributed by atoms with Gasteiger partial charge >= 0.3 is 6.16 Å². The minimum Gasteiger partial charge on any atom is -0.493 e. The lowest BCUT2D eigenvalue weighted by Gasteiger charge is -2.33. The Kier molecular flexibility index (Phi) is 10.2. The van der Waals surface area contributed by atoms with Gasteiger partial charge in [-0.05, 0) is 92.1 Å². The molecule has 0 aromatic heterocycles. The number of carbonyl (C=O) groups excluding carboxylic acids is 1. The van der Waals surface area contributed by atoms with Gasteiger partial charge in [0.15, 0.2) is 28.1 Å². The Labute approximate surface area is 236 Å². The second-order valence-electron chi connectivity index (χ2n) is 11.8. The van der Waals surface area contributed by atoms with Crippen LogP contribution in [0.5, 0.6) is 17.2 Å².